The maximum atomic E-state index is 13.1. The van der Waals surface area contributed by atoms with Crippen LogP contribution in [0.25, 0.3) is 0 Å². The van der Waals surface area contributed by atoms with E-state index < -0.39 is 12.0 Å². The van der Waals surface area contributed by atoms with Crippen molar-refractivity contribution in [2.45, 2.75) is 71.4 Å². The number of rotatable bonds is 5. The number of ether oxygens (including phenoxy) is 1. The molecule has 3 unspecified atom stereocenters. The molecule has 1 aliphatic heterocycles. The highest BCUT2D eigenvalue weighted by Gasteiger charge is 2.40. The Kier molecular flexibility index (Phi) is 6.30. The molecule has 0 saturated heterocycles. The normalized spacial score (nSPS) is 24.7. The summed E-state index contributed by atoms with van der Waals surface area (Å²) in [5, 5.41) is 2.88. The van der Waals surface area contributed by atoms with Gasteiger partial charge in [0.25, 0.3) is 0 Å². The van der Waals surface area contributed by atoms with Gasteiger partial charge in [-0.1, -0.05) is 56.0 Å². The summed E-state index contributed by atoms with van der Waals surface area (Å²) in [5.74, 6) is -0.416. The van der Waals surface area contributed by atoms with Crippen molar-refractivity contribution in [3.05, 3.63) is 35.4 Å². The van der Waals surface area contributed by atoms with Crippen LogP contribution in [0, 0.1) is 18.8 Å². The number of nitrogens with zero attached hydrogens (tertiary/aromatic N) is 1. The topological polar surface area (TPSA) is 67.8 Å². The molecule has 27 heavy (non-hydrogen) atoms. The molecule has 1 aromatic carbocycles. The van der Waals surface area contributed by atoms with Crippen molar-refractivity contribution in [2.24, 2.45) is 16.8 Å². The molecule has 1 aliphatic carbocycles. The van der Waals surface area contributed by atoms with E-state index in [9.17, 15) is 9.59 Å². The first-order valence-corrected chi connectivity index (χ1v) is 10.1. The molecular formula is C22H30N2O3. The standard InChI is InChI=1S/C22H30N2O3/c1-4-18-19(21(25)27-15(3)16-10-6-5-7-11-16)20(24-22(26)23-18)17-12-8-9-14(2)13-17/h8-9,12-13,15-16,19-20H,4-7,10-11H2,1-3H3,(H,24,26). The van der Waals surface area contributed by atoms with Crippen molar-refractivity contribution in [3.8, 4) is 0 Å². The first kappa shape index (κ1) is 19.6. The third-order valence-corrected chi connectivity index (χ3v) is 5.85. The Bertz CT molecular complexity index is 722. The van der Waals surface area contributed by atoms with Crippen molar-refractivity contribution in [2.75, 3.05) is 0 Å². The number of carbonyl (C=O) groups excluding carboxylic acids is 2. The number of esters is 1. The number of nitrogens with one attached hydrogen (secondary N) is 1. The van der Waals surface area contributed by atoms with Crippen molar-refractivity contribution in [1.29, 1.82) is 0 Å². The molecule has 3 rings (SSSR count). The van der Waals surface area contributed by atoms with E-state index in [0.717, 1.165) is 24.0 Å². The molecule has 0 bridgehead atoms. The van der Waals surface area contributed by atoms with Gasteiger partial charge < -0.3 is 10.1 Å². The molecule has 5 heteroatoms. The first-order valence-electron chi connectivity index (χ1n) is 10.1. The minimum Gasteiger partial charge on any atom is -0.462 e. The Morgan fingerprint density at radius 3 is 2.70 bits per heavy atom. The molecule has 2 aliphatic rings. The summed E-state index contributed by atoms with van der Waals surface area (Å²) in [7, 11) is 0. The number of hydrogen-bond donors (Lipinski definition) is 1. The van der Waals surface area contributed by atoms with Crippen LogP contribution in [0.3, 0.4) is 0 Å². The van der Waals surface area contributed by atoms with Gasteiger partial charge in [0.05, 0.1) is 6.04 Å². The zero-order valence-electron chi connectivity index (χ0n) is 16.5. The van der Waals surface area contributed by atoms with Crippen molar-refractivity contribution >= 4 is 17.7 Å². The lowest BCUT2D eigenvalue weighted by molar-refractivity contribution is -0.154. The van der Waals surface area contributed by atoms with E-state index in [1.807, 2.05) is 45.0 Å². The molecule has 3 atom stereocenters. The predicted octanol–water partition coefficient (Wildman–Crippen LogP) is 4.74. The fourth-order valence-electron chi connectivity index (χ4n) is 4.31. The van der Waals surface area contributed by atoms with Crippen LogP contribution in [0.4, 0.5) is 4.79 Å². The number of urea groups is 1. The fraction of sp³-hybridized carbons (Fsp3) is 0.591. The van der Waals surface area contributed by atoms with Crippen molar-refractivity contribution < 1.29 is 14.3 Å². The number of hydrogen-bond acceptors (Lipinski definition) is 3. The van der Waals surface area contributed by atoms with Gasteiger partial charge in [0, 0.05) is 5.71 Å². The first-order chi connectivity index (χ1) is 13.0. The second-order valence-electron chi connectivity index (χ2n) is 7.82. The Morgan fingerprint density at radius 1 is 1.30 bits per heavy atom. The van der Waals surface area contributed by atoms with E-state index in [1.54, 1.807) is 0 Å². The molecule has 2 amide bonds. The van der Waals surface area contributed by atoms with Crippen LogP contribution < -0.4 is 5.32 Å². The lowest BCUT2D eigenvalue weighted by atomic mass is 9.84. The minimum absolute atomic E-state index is 0.105. The van der Waals surface area contributed by atoms with Crippen LogP contribution in [0.1, 0.15) is 69.5 Å². The van der Waals surface area contributed by atoms with Gasteiger partial charge in [0.2, 0.25) is 0 Å². The Morgan fingerprint density at radius 2 is 2.04 bits per heavy atom. The molecule has 1 heterocycles. The monoisotopic (exact) mass is 370 g/mol. The Hall–Kier alpha value is -2.17. The van der Waals surface area contributed by atoms with Gasteiger partial charge in [-0.2, -0.15) is 0 Å². The molecule has 0 aromatic heterocycles. The highest BCUT2D eigenvalue weighted by atomic mass is 16.5. The van der Waals surface area contributed by atoms with Crippen LogP contribution in [-0.2, 0) is 9.53 Å². The van der Waals surface area contributed by atoms with Crippen molar-refractivity contribution in [3.63, 3.8) is 0 Å². The van der Waals surface area contributed by atoms with Gasteiger partial charge in [-0.15, -0.1) is 0 Å². The summed E-state index contributed by atoms with van der Waals surface area (Å²) in [4.78, 5) is 29.3. The van der Waals surface area contributed by atoms with Gasteiger partial charge in [0.1, 0.15) is 12.0 Å². The number of amides is 2. The summed E-state index contributed by atoms with van der Waals surface area (Å²) in [6, 6.07) is 7.08. The van der Waals surface area contributed by atoms with Gasteiger partial charge in [-0.3, -0.25) is 4.79 Å². The highest BCUT2D eigenvalue weighted by Crippen LogP contribution is 2.32. The minimum atomic E-state index is -0.569. The van der Waals surface area contributed by atoms with E-state index in [2.05, 4.69) is 10.3 Å². The molecular weight excluding hydrogens is 340 g/mol. The van der Waals surface area contributed by atoms with E-state index in [4.69, 9.17) is 4.74 Å². The van der Waals surface area contributed by atoms with Crippen molar-refractivity contribution in [1.82, 2.24) is 5.32 Å². The summed E-state index contributed by atoms with van der Waals surface area (Å²) in [6.45, 7) is 5.93. The number of aliphatic imine (C=N–C) groups is 1. The van der Waals surface area contributed by atoms with Crippen LogP contribution >= 0.6 is 0 Å². The maximum Gasteiger partial charge on any atom is 0.341 e. The SMILES string of the molecule is CCC1=NC(=O)NC(c2cccc(C)c2)C1C(=O)OC(C)C1CCCCC1. The van der Waals surface area contributed by atoms with Crippen LogP contribution in [-0.4, -0.2) is 23.8 Å². The molecule has 146 valence electrons. The van der Waals surface area contributed by atoms with E-state index in [-0.39, 0.29) is 18.1 Å². The van der Waals surface area contributed by atoms with E-state index >= 15 is 0 Å². The number of aryl methyl sites for hydroxylation is 1. The fourth-order valence-corrected chi connectivity index (χ4v) is 4.31. The molecule has 0 spiro atoms. The van der Waals surface area contributed by atoms with E-state index in [0.29, 0.717) is 18.1 Å². The van der Waals surface area contributed by atoms with Gasteiger partial charge in [-0.05, 0) is 44.6 Å². The molecule has 1 N–H and O–H groups in total. The zero-order valence-corrected chi connectivity index (χ0v) is 16.5. The summed E-state index contributed by atoms with van der Waals surface area (Å²) >= 11 is 0. The third kappa shape index (κ3) is 4.57. The second kappa shape index (κ2) is 8.68. The third-order valence-electron chi connectivity index (χ3n) is 5.85. The van der Waals surface area contributed by atoms with E-state index in [1.165, 1.54) is 19.3 Å². The Labute approximate surface area is 161 Å². The number of carbonyl (C=O) groups is 2. The van der Waals surface area contributed by atoms with Gasteiger partial charge in [0.15, 0.2) is 0 Å². The maximum absolute atomic E-state index is 13.1. The molecule has 1 fully saturated rings. The lowest BCUT2D eigenvalue weighted by Crippen LogP contribution is -2.46. The Balaban J connectivity index is 1.83. The molecule has 0 radical (unpaired) electrons. The molecule has 5 nitrogen and oxygen atoms in total. The average Bonchev–Trinajstić information content (AvgIpc) is 2.67. The largest absolute Gasteiger partial charge is 0.462 e. The van der Waals surface area contributed by atoms with Crippen LogP contribution in [0.5, 0.6) is 0 Å². The average molecular weight is 370 g/mol. The smallest absolute Gasteiger partial charge is 0.341 e. The summed E-state index contributed by atoms with van der Waals surface area (Å²) in [6.07, 6.45) is 6.37. The summed E-state index contributed by atoms with van der Waals surface area (Å²) < 4.78 is 5.91. The molecule has 1 aromatic rings. The van der Waals surface area contributed by atoms with Crippen LogP contribution in [0.2, 0.25) is 0 Å². The quantitative estimate of drug-likeness (QED) is 0.761. The lowest BCUT2D eigenvalue weighted by Gasteiger charge is -2.33. The summed E-state index contributed by atoms with van der Waals surface area (Å²) in [5.41, 5.74) is 2.60. The molecule has 1 saturated carbocycles. The van der Waals surface area contributed by atoms with Crippen LogP contribution in [0.15, 0.2) is 29.3 Å². The zero-order chi connectivity index (χ0) is 19.4. The highest BCUT2D eigenvalue weighted by molar-refractivity contribution is 6.09. The van der Waals surface area contributed by atoms with Gasteiger partial charge >= 0.3 is 12.0 Å². The second-order valence-corrected chi connectivity index (χ2v) is 7.82. The number of benzene rings is 1. The predicted molar refractivity (Wildman–Crippen MR) is 106 cm³/mol. The van der Waals surface area contributed by atoms with Gasteiger partial charge in [-0.25, -0.2) is 9.79 Å².